The van der Waals surface area contributed by atoms with Crippen molar-refractivity contribution in [1.29, 1.82) is 0 Å². The first-order chi connectivity index (χ1) is 16.2. The van der Waals surface area contributed by atoms with Crippen LogP contribution in [0.3, 0.4) is 0 Å². The first kappa shape index (κ1) is 25.1. The molecular weight excluding hydrogens is 500 g/mol. The number of rotatable bonds is 7. The lowest BCUT2D eigenvalue weighted by molar-refractivity contribution is -0.142. The van der Waals surface area contributed by atoms with Crippen LogP contribution in [0.2, 0.25) is 5.15 Å². The molecule has 0 unspecified atom stereocenters. The molecule has 1 saturated carbocycles. The third-order valence-electron chi connectivity index (χ3n) is 6.54. The molecule has 1 aliphatic carbocycles. The van der Waals surface area contributed by atoms with E-state index in [1.807, 2.05) is 0 Å². The van der Waals surface area contributed by atoms with Gasteiger partial charge < -0.3 is 10.2 Å². The highest BCUT2D eigenvalue weighted by Crippen LogP contribution is 2.31. The van der Waals surface area contributed by atoms with Crippen molar-refractivity contribution in [2.45, 2.75) is 56.4 Å². The number of sulfonamides is 1. The van der Waals surface area contributed by atoms with E-state index < -0.39 is 22.0 Å². The second-order valence-electron chi connectivity index (χ2n) is 8.84. The van der Waals surface area contributed by atoms with Gasteiger partial charge in [0.25, 0.3) is 0 Å². The monoisotopic (exact) mass is 528 g/mol. The Bertz CT molecular complexity index is 1140. The van der Waals surface area contributed by atoms with Crippen LogP contribution in [0.4, 0.5) is 5.13 Å². The van der Waals surface area contributed by atoms with E-state index in [2.05, 4.69) is 15.4 Å². The number of hydrogen-bond acceptors (Lipinski definition) is 7. The molecule has 0 spiro atoms. The van der Waals surface area contributed by atoms with Crippen molar-refractivity contribution in [3.8, 4) is 0 Å². The van der Waals surface area contributed by atoms with Gasteiger partial charge in [0.15, 0.2) is 5.13 Å². The lowest BCUT2D eigenvalue weighted by Gasteiger charge is -2.39. The number of aryl methyl sites for hydroxylation is 2. The van der Waals surface area contributed by atoms with Crippen LogP contribution in [0.5, 0.6) is 0 Å². The molecule has 2 aliphatic rings. The molecule has 0 bridgehead atoms. The number of aromatic nitrogens is 3. The largest absolute Gasteiger partial charge is 0.328 e. The van der Waals surface area contributed by atoms with Crippen LogP contribution < -0.4 is 5.32 Å². The van der Waals surface area contributed by atoms with Crippen LogP contribution in [-0.4, -0.2) is 69.9 Å². The number of anilines is 1. The number of nitrogens with one attached hydrogen (secondary N) is 1. The molecule has 34 heavy (non-hydrogen) atoms. The number of amides is 2. The van der Waals surface area contributed by atoms with E-state index in [1.165, 1.54) is 27.3 Å². The summed E-state index contributed by atoms with van der Waals surface area (Å²) in [5, 5.41) is 9.17. The van der Waals surface area contributed by atoms with Crippen molar-refractivity contribution in [2.75, 3.05) is 25.0 Å². The number of piperazine rings is 1. The highest BCUT2D eigenvalue weighted by Gasteiger charge is 2.41. The minimum Gasteiger partial charge on any atom is -0.328 e. The van der Waals surface area contributed by atoms with Crippen molar-refractivity contribution in [2.24, 2.45) is 13.0 Å². The standard InChI is InChI=1S/C21H29ClN6O4S2/c1-14-18(19(22)26(2)25-14)34(31,32)27-9-10-28(17(29)13-27)16(12-15-6-4-3-5-7-15)20(30)24-21-23-8-11-33-21/h8,11,15-16H,3-7,9-10,12-13H2,1-2H3,(H,23,24,30)/t16-/m0/s1. The van der Waals surface area contributed by atoms with Crippen molar-refractivity contribution in [1.82, 2.24) is 24.0 Å². The first-order valence-corrected chi connectivity index (χ1v) is 14.1. The smallest absolute Gasteiger partial charge is 0.248 e. The topological polar surface area (TPSA) is 118 Å². The van der Waals surface area contributed by atoms with E-state index in [1.54, 1.807) is 25.5 Å². The van der Waals surface area contributed by atoms with E-state index in [-0.39, 0.29) is 41.3 Å². The van der Waals surface area contributed by atoms with Gasteiger partial charge in [-0.15, -0.1) is 11.3 Å². The van der Waals surface area contributed by atoms with Gasteiger partial charge in [0, 0.05) is 31.7 Å². The zero-order valence-electron chi connectivity index (χ0n) is 19.2. The summed E-state index contributed by atoms with van der Waals surface area (Å²) in [6.45, 7) is 1.42. The molecule has 0 aromatic carbocycles. The number of carbonyl (C=O) groups excluding carboxylic acids is 2. The Morgan fingerprint density at radius 1 is 1.29 bits per heavy atom. The van der Waals surface area contributed by atoms with Gasteiger partial charge >= 0.3 is 0 Å². The van der Waals surface area contributed by atoms with Crippen molar-refractivity contribution in [3.05, 3.63) is 22.4 Å². The maximum atomic E-state index is 13.3. The quantitative estimate of drug-likeness (QED) is 0.590. The third kappa shape index (κ3) is 5.14. The minimum atomic E-state index is -4.01. The van der Waals surface area contributed by atoms with Crippen LogP contribution in [0.15, 0.2) is 16.5 Å². The maximum Gasteiger partial charge on any atom is 0.248 e. The fourth-order valence-corrected chi connectivity index (χ4v) is 7.44. The molecule has 1 N–H and O–H groups in total. The van der Waals surface area contributed by atoms with E-state index in [0.29, 0.717) is 17.5 Å². The number of hydrogen-bond donors (Lipinski definition) is 1. The molecule has 3 heterocycles. The average molecular weight is 529 g/mol. The fourth-order valence-electron chi connectivity index (χ4n) is 4.82. The molecule has 2 aromatic heterocycles. The SMILES string of the molecule is Cc1nn(C)c(Cl)c1S(=O)(=O)N1CCN([C@@H](CC2CCCCC2)C(=O)Nc2nccs2)C(=O)C1. The van der Waals surface area contributed by atoms with Gasteiger partial charge in [-0.25, -0.2) is 13.4 Å². The summed E-state index contributed by atoms with van der Waals surface area (Å²) in [5.41, 5.74) is 0.278. The van der Waals surface area contributed by atoms with Crippen molar-refractivity contribution < 1.29 is 18.0 Å². The fraction of sp³-hybridized carbons (Fsp3) is 0.619. The molecule has 186 valence electrons. The Labute approximate surface area is 208 Å². The van der Waals surface area contributed by atoms with Gasteiger partial charge in [-0.1, -0.05) is 43.7 Å². The molecular formula is C21H29ClN6O4S2. The van der Waals surface area contributed by atoms with Gasteiger partial charge in [-0.3, -0.25) is 14.3 Å². The Morgan fingerprint density at radius 2 is 2.03 bits per heavy atom. The van der Waals surface area contributed by atoms with Gasteiger partial charge in [0.05, 0.1) is 12.2 Å². The van der Waals surface area contributed by atoms with Gasteiger partial charge in [0.1, 0.15) is 16.1 Å². The van der Waals surface area contributed by atoms with Gasteiger partial charge in [0.2, 0.25) is 21.8 Å². The molecule has 2 amide bonds. The number of carbonyl (C=O) groups is 2. The summed E-state index contributed by atoms with van der Waals surface area (Å²) in [7, 11) is -2.45. The highest BCUT2D eigenvalue weighted by atomic mass is 35.5. The predicted octanol–water partition coefficient (Wildman–Crippen LogP) is 2.65. The summed E-state index contributed by atoms with van der Waals surface area (Å²) in [6.07, 6.45) is 7.66. The van der Waals surface area contributed by atoms with E-state index in [4.69, 9.17) is 11.6 Å². The van der Waals surface area contributed by atoms with Crippen molar-refractivity contribution in [3.63, 3.8) is 0 Å². The normalized spacial score (nSPS) is 19.4. The molecule has 4 rings (SSSR count). The highest BCUT2D eigenvalue weighted by molar-refractivity contribution is 7.89. The maximum absolute atomic E-state index is 13.3. The van der Waals surface area contributed by atoms with E-state index in [0.717, 1.165) is 30.0 Å². The zero-order valence-corrected chi connectivity index (χ0v) is 21.6. The third-order valence-corrected chi connectivity index (χ3v) is 9.77. The summed E-state index contributed by atoms with van der Waals surface area (Å²) in [6, 6.07) is -0.673. The summed E-state index contributed by atoms with van der Waals surface area (Å²) < 4.78 is 28.9. The van der Waals surface area contributed by atoms with Crippen LogP contribution >= 0.6 is 22.9 Å². The summed E-state index contributed by atoms with van der Waals surface area (Å²) in [4.78, 5) is 32.0. The van der Waals surface area contributed by atoms with Crippen molar-refractivity contribution >= 4 is 49.9 Å². The predicted molar refractivity (Wildman–Crippen MR) is 129 cm³/mol. The lowest BCUT2D eigenvalue weighted by Crippen LogP contribution is -2.58. The van der Waals surface area contributed by atoms with Crippen LogP contribution in [0, 0.1) is 12.8 Å². The molecule has 0 radical (unpaired) electrons. The molecule has 1 atom stereocenters. The minimum absolute atomic E-state index is 0.00498. The van der Waals surface area contributed by atoms with Crippen LogP contribution in [-0.2, 0) is 26.7 Å². The van der Waals surface area contributed by atoms with Gasteiger partial charge in [-0.05, 0) is 19.3 Å². The van der Waals surface area contributed by atoms with E-state index in [9.17, 15) is 18.0 Å². The summed E-state index contributed by atoms with van der Waals surface area (Å²) in [5.74, 6) is -0.328. The Kier molecular flexibility index (Phi) is 7.60. The first-order valence-electron chi connectivity index (χ1n) is 11.4. The summed E-state index contributed by atoms with van der Waals surface area (Å²) >= 11 is 7.51. The Hall–Kier alpha value is -2.02. The molecule has 1 saturated heterocycles. The zero-order chi connectivity index (χ0) is 24.5. The molecule has 1 aliphatic heterocycles. The molecule has 2 aromatic rings. The number of thiazole rings is 1. The second-order valence-corrected chi connectivity index (χ2v) is 12.0. The Balaban J connectivity index is 1.53. The van der Waals surface area contributed by atoms with E-state index >= 15 is 0 Å². The average Bonchev–Trinajstić information content (AvgIpc) is 3.40. The number of nitrogens with zero attached hydrogens (tertiary/aromatic N) is 5. The molecule has 10 nitrogen and oxygen atoms in total. The van der Waals surface area contributed by atoms with Crippen LogP contribution in [0.1, 0.15) is 44.2 Å². The lowest BCUT2D eigenvalue weighted by atomic mass is 9.84. The number of halogens is 1. The molecule has 2 fully saturated rings. The second kappa shape index (κ2) is 10.3. The molecule has 13 heteroatoms. The van der Waals surface area contributed by atoms with Crippen LogP contribution in [0.25, 0.3) is 0 Å². The Morgan fingerprint density at radius 3 is 2.62 bits per heavy atom. The van der Waals surface area contributed by atoms with Gasteiger partial charge in [-0.2, -0.15) is 9.40 Å².